The van der Waals surface area contributed by atoms with Gasteiger partial charge in [-0.15, -0.1) is 0 Å². The van der Waals surface area contributed by atoms with Gasteiger partial charge < -0.3 is 10.0 Å². The largest absolute Gasteiger partial charge is 0.393 e. The monoisotopic (exact) mass is 300 g/mol. The van der Waals surface area contributed by atoms with Crippen LogP contribution >= 0.6 is 0 Å². The number of likely N-dealkylation sites (tertiary alicyclic amines) is 1. The van der Waals surface area contributed by atoms with E-state index in [1.165, 1.54) is 5.56 Å². The number of rotatable bonds is 7. The van der Waals surface area contributed by atoms with Crippen molar-refractivity contribution in [1.29, 1.82) is 5.26 Å². The van der Waals surface area contributed by atoms with E-state index in [2.05, 4.69) is 6.07 Å². The van der Waals surface area contributed by atoms with E-state index in [-0.39, 0.29) is 12.0 Å². The van der Waals surface area contributed by atoms with E-state index in [1.807, 2.05) is 29.2 Å². The van der Waals surface area contributed by atoms with Gasteiger partial charge in [0.1, 0.15) is 0 Å². The summed E-state index contributed by atoms with van der Waals surface area (Å²) in [7, 11) is 0. The highest BCUT2D eigenvalue weighted by Crippen LogP contribution is 2.23. The van der Waals surface area contributed by atoms with Crippen LogP contribution in [0.15, 0.2) is 24.3 Å². The Morgan fingerprint density at radius 2 is 2.14 bits per heavy atom. The van der Waals surface area contributed by atoms with Crippen molar-refractivity contribution >= 4 is 5.91 Å². The molecule has 1 amide bonds. The highest BCUT2D eigenvalue weighted by Gasteiger charge is 2.30. The molecule has 4 nitrogen and oxygen atoms in total. The third kappa shape index (κ3) is 4.57. The highest BCUT2D eigenvalue weighted by atomic mass is 16.3. The fourth-order valence-corrected chi connectivity index (χ4v) is 3.03. The predicted octanol–water partition coefficient (Wildman–Crippen LogP) is 2.64. The Balaban J connectivity index is 1.80. The summed E-state index contributed by atoms with van der Waals surface area (Å²) in [5, 5.41) is 18.2. The summed E-state index contributed by atoms with van der Waals surface area (Å²) in [4.78, 5) is 14.0. The summed E-state index contributed by atoms with van der Waals surface area (Å²) in [6.07, 6.45) is 4.76. The normalized spacial score (nSPS) is 19.2. The summed E-state index contributed by atoms with van der Waals surface area (Å²) in [6.45, 7) is 2.58. The van der Waals surface area contributed by atoms with Crippen LogP contribution in [0.25, 0.3) is 0 Å². The third-order valence-corrected chi connectivity index (χ3v) is 4.32. The minimum absolute atomic E-state index is 0.246. The second-order valence-corrected chi connectivity index (χ2v) is 6.12. The number of hydrogen-bond donors (Lipinski definition) is 1. The molecule has 1 N–H and O–H groups in total. The first-order valence-corrected chi connectivity index (χ1v) is 8.06. The van der Waals surface area contributed by atoms with E-state index >= 15 is 0 Å². The maximum absolute atomic E-state index is 12.0. The van der Waals surface area contributed by atoms with Gasteiger partial charge in [-0.25, -0.2) is 0 Å². The minimum Gasteiger partial charge on any atom is -0.393 e. The van der Waals surface area contributed by atoms with Crippen LogP contribution in [-0.2, 0) is 11.2 Å². The molecule has 1 aromatic rings. The molecule has 0 aromatic heterocycles. The van der Waals surface area contributed by atoms with Crippen molar-refractivity contribution in [3.63, 3.8) is 0 Å². The zero-order chi connectivity index (χ0) is 15.9. The molecule has 0 aliphatic carbocycles. The van der Waals surface area contributed by atoms with Gasteiger partial charge in [-0.1, -0.05) is 12.1 Å². The van der Waals surface area contributed by atoms with Gasteiger partial charge >= 0.3 is 0 Å². The Morgan fingerprint density at radius 3 is 2.77 bits per heavy atom. The second-order valence-electron chi connectivity index (χ2n) is 6.12. The van der Waals surface area contributed by atoms with Gasteiger partial charge in [-0.2, -0.15) is 5.26 Å². The van der Waals surface area contributed by atoms with Gasteiger partial charge in [0.05, 0.1) is 17.7 Å². The van der Waals surface area contributed by atoms with Gasteiger partial charge in [-0.3, -0.25) is 4.79 Å². The lowest BCUT2D eigenvalue weighted by Gasteiger charge is -2.25. The second kappa shape index (κ2) is 7.95. The van der Waals surface area contributed by atoms with Gasteiger partial charge in [0.15, 0.2) is 0 Å². The Bertz CT molecular complexity index is 531. The van der Waals surface area contributed by atoms with Crippen LogP contribution in [0.4, 0.5) is 0 Å². The number of aliphatic hydroxyl groups is 1. The molecule has 1 aromatic carbocycles. The van der Waals surface area contributed by atoms with Crippen LogP contribution in [0.5, 0.6) is 0 Å². The van der Waals surface area contributed by atoms with Crippen LogP contribution in [0.1, 0.15) is 50.2 Å². The number of nitrogens with zero attached hydrogens (tertiary/aromatic N) is 2. The molecule has 118 valence electrons. The number of aryl methyl sites for hydroxylation is 1. The number of aliphatic hydroxyl groups excluding tert-OH is 1. The van der Waals surface area contributed by atoms with Crippen molar-refractivity contribution in [2.75, 3.05) is 6.54 Å². The molecular formula is C18H24N2O2. The SMILES string of the molecule is CC(O)CCC1CCC(=O)N1CCCc1ccc(C#N)cc1. The first-order chi connectivity index (χ1) is 10.6. The number of nitriles is 1. The molecular weight excluding hydrogens is 276 g/mol. The standard InChI is InChI=1S/C18H24N2O2/c1-14(21)4-9-17-10-11-18(22)20(17)12-2-3-15-5-7-16(13-19)8-6-15/h5-8,14,17,21H,2-4,9-12H2,1H3. The first-order valence-electron chi connectivity index (χ1n) is 8.06. The molecule has 0 spiro atoms. The molecule has 1 saturated heterocycles. The predicted molar refractivity (Wildman–Crippen MR) is 85.1 cm³/mol. The maximum Gasteiger partial charge on any atom is 0.222 e. The van der Waals surface area contributed by atoms with E-state index in [4.69, 9.17) is 5.26 Å². The minimum atomic E-state index is -0.295. The van der Waals surface area contributed by atoms with Crippen molar-refractivity contribution in [3.8, 4) is 6.07 Å². The highest BCUT2D eigenvalue weighted by molar-refractivity contribution is 5.78. The Kier molecular flexibility index (Phi) is 5.97. The summed E-state index contributed by atoms with van der Waals surface area (Å²) >= 11 is 0. The Hall–Kier alpha value is -1.86. The lowest BCUT2D eigenvalue weighted by atomic mass is 10.1. The quantitative estimate of drug-likeness (QED) is 0.842. The lowest BCUT2D eigenvalue weighted by Crippen LogP contribution is -2.34. The van der Waals surface area contributed by atoms with Gasteiger partial charge in [-0.05, 0) is 56.7 Å². The molecule has 2 unspecified atom stereocenters. The summed E-state index contributed by atoms with van der Waals surface area (Å²) in [5.41, 5.74) is 1.88. The average Bonchev–Trinajstić information content (AvgIpc) is 2.86. The summed E-state index contributed by atoms with van der Waals surface area (Å²) < 4.78 is 0. The van der Waals surface area contributed by atoms with Gasteiger partial charge in [0, 0.05) is 19.0 Å². The molecule has 2 rings (SSSR count). The van der Waals surface area contributed by atoms with E-state index in [1.54, 1.807) is 6.92 Å². The average molecular weight is 300 g/mol. The van der Waals surface area contributed by atoms with E-state index < -0.39 is 0 Å². The smallest absolute Gasteiger partial charge is 0.222 e. The van der Waals surface area contributed by atoms with E-state index in [0.717, 1.165) is 38.6 Å². The van der Waals surface area contributed by atoms with Crippen LogP contribution in [0.3, 0.4) is 0 Å². The third-order valence-electron chi connectivity index (χ3n) is 4.32. The van der Waals surface area contributed by atoms with Crippen molar-refractivity contribution in [1.82, 2.24) is 4.90 Å². The van der Waals surface area contributed by atoms with E-state index in [0.29, 0.717) is 18.0 Å². The van der Waals surface area contributed by atoms with Crippen LogP contribution in [0.2, 0.25) is 0 Å². The zero-order valence-corrected chi connectivity index (χ0v) is 13.2. The fraction of sp³-hybridized carbons (Fsp3) is 0.556. The molecule has 22 heavy (non-hydrogen) atoms. The lowest BCUT2D eigenvalue weighted by molar-refractivity contribution is -0.129. The van der Waals surface area contributed by atoms with Crippen molar-refractivity contribution < 1.29 is 9.90 Å². The van der Waals surface area contributed by atoms with Crippen LogP contribution in [-0.4, -0.2) is 34.6 Å². The molecule has 0 bridgehead atoms. The molecule has 2 atom stereocenters. The number of carbonyl (C=O) groups excluding carboxylic acids is 1. The first kappa shape index (κ1) is 16.5. The summed E-state index contributed by atoms with van der Waals surface area (Å²) in [5.74, 6) is 0.246. The van der Waals surface area contributed by atoms with Crippen molar-refractivity contribution in [3.05, 3.63) is 35.4 Å². The zero-order valence-electron chi connectivity index (χ0n) is 13.2. The van der Waals surface area contributed by atoms with Crippen LogP contribution < -0.4 is 0 Å². The molecule has 4 heteroatoms. The number of carbonyl (C=O) groups is 1. The molecule has 0 saturated carbocycles. The number of hydrogen-bond acceptors (Lipinski definition) is 3. The van der Waals surface area contributed by atoms with Crippen molar-refractivity contribution in [2.45, 2.75) is 57.6 Å². The molecule has 1 aliphatic rings. The fourth-order valence-electron chi connectivity index (χ4n) is 3.03. The molecule has 0 radical (unpaired) electrons. The number of amides is 1. The van der Waals surface area contributed by atoms with Crippen molar-refractivity contribution in [2.24, 2.45) is 0 Å². The number of benzene rings is 1. The van der Waals surface area contributed by atoms with Gasteiger partial charge in [0.25, 0.3) is 0 Å². The van der Waals surface area contributed by atoms with E-state index in [9.17, 15) is 9.90 Å². The topological polar surface area (TPSA) is 64.3 Å². The molecule has 1 aliphatic heterocycles. The maximum atomic E-state index is 12.0. The van der Waals surface area contributed by atoms with Gasteiger partial charge in [0.2, 0.25) is 5.91 Å². The van der Waals surface area contributed by atoms with Crippen LogP contribution in [0, 0.1) is 11.3 Å². The summed E-state index contributed by atoms with van der Waals surface area (Å²) in [6, 6.07) is 10.0. The molecule has 1 fully saturated rings. The Morgan fingerprint density at radius 1 is 1.41 bits per heavy atom. The molecule has 1 heterocycles. The Labute approximate surface area is 132 Å².